The Labute approximate surface area is 107 Å². The van der Waals surface area contributed by atoms with Gasteiger partial charge in [-0.2, -0.15) is 0 Å². The molecule has 0 heterocycles. The number of hydrogen-bond acceptors (Lipinski definition) is 0. The minimum atomic E-state index is -0.318. The molecule has 0 saturated carbocycles. The number of benzene rings is 1. The standard InChI is InChI=1S/C13H17Cl2F/c1-9(2)13(3,8-14)7-10-5-4-6-11(15)12(10)16/h4-6,9H,7-8H2,1-3H3. The molecule has 0 aliphatic heterocycles. The van der Waals surface area contributed by atoms with Crippen molar-refractivity contribution < 1.29 is 4.39 Å². The van der Waals surface area contributed by atoms with Gasteiger partial charge in [-0.3, -0.25) is 0 Å². The topological polar surface area (TPSA) is 0 Å². The average molecular weight is 263 g/mol. The van der Waals surface area contributed by atoms with E-state index in [9.17, 15) is 4.39 Å². The Morgan fingerprint density at radius 1 is 1.38 bits per heavy atom. The van der Waals surface area contributed by atoms with Crippen molar-refractivity contribution in [2.24, 2.45) is 11.3 Å². The maximum Gasteiger partial charge on any atom is 0.144 e. The van der Waals surface area contributed by atoms with E-state index in [0.29, 0.717) is 23.8 Å². The fraction of sp³-hybridized carbons (Fsp3) is 0.538. The summed E-state index contributed by atoms with van der Waals surface area (Å²) in [7, 11) is 0. The van der Waals surface area contributed by atoms with Gasteiger partial charge in [-0.1, -0.05) is 44.5 Å². The summed E-state index contributed by atoms with van der Waals surface area (Å²) in [6.07, 6.45) is 0.612. The van der Waals surface area contributed by atoms with Crippen molar-refractivity contribution in [3.63, 3.8) is 0 Å². The number of halogens is 3. The van der Waals surface area contributed by atoms with Crippen molar-refractivity contribution in [1.82, 2.24) is 0 Å². The number of alkyl halides is 1. The summed E-state index contributed by atoms with van der Waals surface area (Å²) in [6.45, 7) is 6.28. The van der Waals surface area contributed by atoms with E-state index in [1.54, 1.807) is 18.2 Å². The first kappa shape index (κ1) is 13.8. The van der Waals surface area contributed by atoms with Crippen molar-refractivity contribution in [2.75, 3.05) is 5.88 Å². The van der Waals surface area contributed by atoms with Gasteiger partial charge in [0.15, 0.2) is 0 Å². The van der Waals surface area contributed by atoms with Crippen molar-refractivity contribution in [3.8, 4) is 0 Å². The van der Waals surface area contributed by atoms with Crippen LogP contribution < -0.4 is 0 Å². The SMILES string of the molecule is CC(C)C(C)(CCl)Cc1cccc(Cl)c1F. The maximum absolute atomic E-state index is 13.8. The van der Waals surface area contributed by atoms with Gasteiger partial charge >= 0.3 is 0 Å². The zero-order valence-electron chi connectivity index (χ0n) is 9.86. The van der Waals surface area contributed by atoms with Crippen molar-refractivity contribution in [3.05, 3.63) is 34.6 Å². The second-order valence-corrected chi connectivity index (χ2v) is 5.51. The van der Waals surface area contributed by atoms with Gasteiger partial charge in [0.1, 0.15) is 5.82 Å². The highest BCUT2D eigenvalue weighted by Gasteiger charge is 2.29. The molecule has 0 saturated heterocycles. The Balaban J connectivity index is 2.99. The van der Waals surface area contributed by atoms with Gasteiger partial charge in [0.05, 0.1) is 5.02 Å². The van der Waals surface area contributed by atoms with E-state index in [4.69, 9.17) is 23.2 Å². The average Bonchev–Trinajstić information content (AvgIpc) is 2.24. The third-order valence-electron chi connectivity index (χ3n) is 3.32. The van der Waals surface area contributed by atoms with Crippen molar-refractivity contribution in [1.29, 1.82) is 0 Å². The third kappa shape index (κ3) is 2.89. The fourth-order valence-corrected chi connectivity index (χ4v) is 2.12. The van der Waals surface area contributed by atoms with Crippen LogP contribution in [0.25, 0.3) is 0 Å². The number of hydrogen-bond donors (Lipinski definition) is 0. The molecule has 0 aromatic heterocycles. The summed E-state index contributed by atoms with van der Waals surface area (Å²) in [4.78, 5) is 0. The largest absolute Gasteiger partial charge is 0.205 e. The highest BCUT2D eigenvalue weighted by atomic mass is 35.5. The summed E-state index contributed by atoms with van der Waals surface area (Å²) in [5, 5.41) is 0.179. The first-order valence-electron chi connectivity index (χ1n) is 5.39. The first-order chi connectivity index (χ1) is 7.40. The van der Waals surface area contributed by atoms with Crippen LogP contribution in [0.1, 0.15) is 26.3 Å². The molecule has 1 atom stereocenters. The molecule has 16 heavy (non-hydrogen) atoms. The normalized spacial score (nSPS) is 15.2. The fourth-order valence-electron chi connectivity index (χ4n) is 1.53. The van der Waals surface area contributed by atoms with Crippen LogP contribution in [0.3, 0.4) is 0 Å². The summed E-state index contributed by atoms with van der Waals surface area (Å²) < 4.78 is 13.8. The lowest BCUT2D eigenvalue weighted by molar-refractivity contribution is 0.250. The molecule has 0 aliphatic rings. The smallest absolute Gasteiger partial charge is 0.144 e. The molecule has 0 amide bonds. The molecule has 0 bridgehead atoms. The van der Waals surface area contributed by atoms with Gasteiger partial charge in [0.25, 0.3) is 0 Å². The van der Waals surface area contributed by atoms with Crippen LogP contribution in [-0.4, -0.2) is 5.88 Å². The zero-order chi connectivity index (χ0) is 12.3. The van der Waals surface area contributed by atoms with E-state index in [1.807, 2.05) is 0 Å². The van der Waals surface area contributed by atoms with Crippen LogP contribution in [0, 0.1) is 17.2 Å². The van der Waals surface area contributed by atoms with Crippen molar-refractivity contribution in [2.45, 2.75) is 27.2 Å². The van der Waals surface area contributed by atoms with E-state index >= 15 is 0 Å². The summed E-state index contributed by atoms with van der Waals surface area (Å²) in [6, 6.07) is 5.11. The molecule has 0 aliphatic carbocycles. The Morgan fingerprint density at radius 2 is 2.00 bits per heavy atom. The lowest BCUT2D eigenvalue weighted by Gasteiger charge is -2.32. The van der Waals surface area contributed by atoms with E-state index in [-0.39, 0.29) is 16.3 Å². The Hall–Kier alpha value is -0.270. The summed E-state index contributed by atoms with van der Waals surface area (Å²) in [5.74, 6) is 0.584. The third-order valence-corrected chi connectivity index (χ3v) is 4.23. The van der Waals surface area contributed by atoms with E-state index in [1.165, 1.54) is 0 Å². The Morgan fingerprint density at radius 3 is 2.50 bits per heavy atom. The second kappa shape index (κ2) is 5.37. The van der Waals surface area contributed by atoms with Crippen LogP contribution in [-0.2, 0) is 6.42 Å². The predicted octanol–water partition coefficient (Wildman–Crippen LogP) is 4.92. The Kier molecular flexibility index (Phi) is 4.63. The van der Waals surface area contributed by atoms with Crippen molar-refractivity contribution >= 4 is 23.2 Å². The summed E-state index contributed by atoms with van der Waals surface area (Å²) in [5.41, 5.74) is 0.539. The molecular weight excluding hydrogens is 246 g/mol. The monoisotopic (exact) mass is 262 g/mol. The van der Waals surface area contributed by atoms with Crippen LogP contribution >= 0.6 is 23.2 Å². The molecule has 1 aromatic rings. The molecule has 1 unspecified atom stereocenters. The first-order valence-corrected chi connectivity index (χ1v) is 6.31. The number of rotatable bonds is 4. The minimum Gasteiger partial charge on any atom is -0.205 e. The molecular formula is C13H17Cl2F. The lowest BCUT2D eigenvalue weighted by atomic mass is 9.76. The maximum atomic E-state index is 13.8. The molecule has 3 heteroatoms. The molecule has 0 fully saturated rings. The van der Waals surface area contributed by atoms with E-state index < -0.39 is 0 Å². The van der Waals surface area contributed by atoms with E-state index in [0.717, 1.165) is 0 Å². The molecule has 1 rings (SSSR count). The van der Waals surface area contributed by atoms with Crippen LogP contribution in [0.2, 0.25) is 5.02 Å². The van der Waals surface area contributed by atoms with Gasteiger partial charge in [0, 0.05) is 5.88 Å². The molecule has 0 spiro atoms. The van der Waals surface area contributed by atoms with Gasteiger partial charge in [-0.15, -0.1) is 11.6 Å². The minimum absolute atomic E-state index is 0.104. The zero-order valence-corrected chi connectivity index (χ0v) is 11.4. The molecule has 1 aromatic carbocycles. The highest BCUT2D eigenvalue weighted by molar-refractivity contribution is 6.30. The van der Waals surface area contributed by atoms with E-state index in [2.05, 4.69) is 20.8 Å². The predicted molar refractivity (Wildman–Crippen MR) is 68.8 cm³/mol. The van der Waals surface area contributed by atoms with Gasteiger partial charge in [-0.05, 0) is 29.4 Å². The van der Waals surface area contributed by atoms with Crippen LogP contribution in [0.5, 0.6) is 0 Å². The summed E-state index contributed by atoms with van der Waals surface area (Å²) >= 11 is 11.7. The van der Waals surface area contributed by atoms with Crippen LogP contribution in [0.4, 0.5) is 4.39 Å². The lowest BCUT2D eigenvalue weighted by Crippen LogP contribution is -2.28. The highest BCUT2D eigenvalue weighted by Crippen LogP contribution is 2.34. The van der Waals surface area contributed by atoms with Crippen LogP contribution in [0.15, 0.2) is 18.2 Å². The molecule has 90 valence electrons. The Bertz CT molecular complexity index is 363. The molecule has 0 radical (unpaired) electrons. The van der Waals surface area contributed by atoms with Gasteiger partial charge < -0.3 is 0 Å². The molecule has 0 nitrogen and oxygen atoms in total. The van der Waals surface area contributed by atoms with Gasteiger partial charge in [-0.25, -0.2) is 4.39 Å². The van der Waals surface area contributed by atoms with Gasteiger partial charge in [0.2, 0.25) is 0 Å². The second-order valence-electron chi connectivity index (χ2n) is 4.83. The quantitative estimate of drug-likeness (QED) is 0.676. The molecule has 0 N–H and O–H groups in total.